The minimum Gasteiger partial charge on any atom is -0.296 e. The summed E-state index contributed by atoms with van der Waals surface area (Å²) < 4.78 is 2.52. The number of nitro benzene ring substituents is 1. The molecule has 0 saturated carbocycles. The highest BCUT2D eigenvalue weighted by Gasteiger charge is 2.09. The quantitative estimate of drug-likeness (QED) is 0.486. The van der Waals surface area contributed by atoms with E-state index in [1.807, 2.05) is 6.92 Å². The molecule has 80 valence electrons. The Bertz CT molecular complexity index is 406. The molecular weight excluding hydrogens is 216 g/mol. The van der Waals surface area contributed by atoms with Crippen molar-refractivity contribution in [3.63, 3.8) is 0 Å². The van der Waals surface area contributed by atoms with Gasteiger partial charge in [-0.25, -0.2) is 0 Å². The van der Waals surface area contributed by atoms with Crippen LogP contribution in [0.5, 0.6) is 0 Å². The van der Waals surface area contributed by atoms with E-state index in [4.69, 9.17) is 0 Å². The number of carbonyl (C=O) groups excluding carboxylic acids is 1. The zero-order chi connectivity index (χ0) is 11.4. The Morgan fingerprint density at radius 1 is 1.53 bits per heavy atom. The fourth-order valence-electron chi connectivity index (χ4n) is 0.939. The molecule has 0 aromatic heterocycles. The van der Waals surface area contributed by atoms with E-state index in [9.17, 15) is 14.9 Å². The number of rotatable bonds is 3. The lowest BCUT2D eigenvalue weighted by Gasteiger charge is -2.04. The molecule has 0 aliphatic carbocycles. The number of benzene rings is 1. The molecule has 0 fully saturated rings. The average Bonchev–Trinajstić information content (AvgIpc) is 2.16. The summed E-state index contributed by atoms with van der Waals surface area (Å²) in [5.74, 6) is -0.189. The standard InChI is InChI=1S/C9H10N2O3S/c1-6-3-4-8(11(13)14)5-9(6)15-10-7(2)12/h3-5H,1-2H3,(H,10,12). The highest BCUT2D eigenvalue weighted by Crippen LogP contribution is 2.24. The number of nitrogens with one attached hydrogen (secondary N) is 1. The summed E-state index contributed by atoms with van der Waals surface area (Å²) in [4.78, 5) is 21.4. The van der Waals surface area contributed by atoms with Crippen LogP contribution in [0.1, 0.15) is 12.5 Å². The van der Waals surface area contributed by atoms with Gasteiger partial charge < -0.3 is 0 Å². The number of hydrogen-bond acceptors (Lipinski definition) is 4. The molecule has 1 N–H and O–H groups in total. The largest absolute Gasteiger partial charge is 0.296 e. The lowest BCUT2D eigenvalue weighted by Crippen LogP contribution is -2.10. The van der Waals surface area contributed by atoms with Crippen molar-refractivity contribution in [1.82, 2.24) is 4.72 Å². The van der Waals surface area contributed by atoms with Crippen LogP contribution in [0.25, 0.3) is 0 Å². The van der Waals surface area contributed by atoms with E-state index in [0.717, 1.165) is 17.5 Å². The number of carbonyl (C=O) groups is 1. The Balaban J connectivity index is 2.90. The van der Waals surface area contributed by atoms with Gasteiger partial charge in [0.1, 0.15) is 0 Å². The third kappa shape index (κ3) is 3.25. The molecule has 15 heavy (non-hydrogen) atoms. The first-order chi connectivity index (χ1) is 7.00. The zero-order valence-electron chi connectivity index (χ0n) is 8.31. The van der Waals surface area contributed by atoms with Crippen molar-refractivity contribution in [1.29, 1.82) is 0 Å². The van der Waals surface area contributed by atoms with Crippen LogP contribution in [0.2, 0.25) is 0 Å². The van der Waals surface area contributed by atoms with E-state index in [1.54, 1.807) is 6.07 Å². The molecule has 0 spiro atoms. The van der Waals surface area contributed by atoms with E-state index < -0.39 is 4.92 Å². The molecule has 0 bridgehead atoms. The first kappa shape index (κ1) is 11.5. The lowest BCUT2D eigenvalue weighted by molar-refractivity contribution is -0.385. The number of non-ortho nitro benzene ring substituents is 1. The smallest absolute Gasteiger partial charge is 0.270 e. The summed E-state index contributed by atoms with van der Waals surface area (Å²) in [6.07, 6.45) is 0. The van der Waals surface area contributed by atoms with E-state index >= 15 is 0 Å². The van der Waals surface area contributed by atoms with Crippen LogP contribution in [-0.4, -0.2) is 10.8 Å². The van der Waals surface area contributed by atoms with Gasteiger partial charge in [-0.2, -0.15) is 0 Å². The van der Waals surface area contributed by atoms with Gasteiger partial charge in [-0.3, -0.25) is 19.6 Å². The molecule has 0 aliphatic rings. The normalized spacial score (nSPS) is 9.73. The van der Waals surface area contributed by atoms with Crippen molar-refractivity contribution in [3.8, 4) is 0 Å². The summed E-state index contributed by atoms with van der Waals surface area (Å²) >= 11 is 1.08. The first-order valence-electron chi connectivity index (χ1n) is 4.19. The number of amides is 1. The summed E-state index contributed by atoms with van der Waals surface area (Å²) in [5.41, 5.74) is 0.910. The van der Waals surface area contributed by atoms with Crippen molar-refractivity contribution in [2.45, 2.75) is 18.7 Å². The molecule has 1 aromatic carbocycles. The maximum Gasteiger partial charge on any atom is 0.270 e. The van der Waals surface area contributed by atoms with Crippen molar-refractivity contribution >= 4 is 23.5 Å². The van der Waals surface area contributed by atoms with Gasteiger partial charge in [0.15, 0.2) is 0 Å². The average molecular weight is 226 g/mol. The Morgan fingerprint density at radius 2 is 2.20 bits per heavy atom. The Hall–Kier alpha value is -1.56. The van der Waals surface area contributed by atoms with Gasteiger partial charge in [-0.15, -0.1) is 0 Å². The molecule has 0 atom stereocenters. The second-order valence-corrected chi connectivity index (χ2v) is 3.82. The van der Waals surface area contributed by atoms with Crippen LogP contribution in [0.3, 0.4) is 0 Å². The second kappa shape index (κ2) is 4.79. The Morgan fingerprint density at radius 3 is 2.73 bits per heavy atom. The SMILES string of the molecule is CC(=O)NSc1cc([N+](=O)[O-])ccc1C. The van der Waals surface area contributed by atoms with Crippen LogP contribution in [0, 0.1) is 17.0 Å². The van der Waals surface area contributed by atoms with Gasteiger partial charge in [-0.1, -0.05) is 6.07 Å². The molecule has 0 radical (unpaired) electrons. The van der Waals surface area contributed by atoms with Crippen molar-refractivity contribution in [2.24, 2.45) is 0 Å². The van der Waals surface area contributed by atoms with Gasteiger partial charge in [0.25, 0.3) is 5.69 Å². The van der Waals surface area contributed by atoms with E-state index in [-0.39, 0.29) is 11.6 Å². The van der Waals surface area contributed by atoms with E-state index in [0.29, 0.717) is 4.90 Å². The number of aryl methyl sites for hydroxylation is 1. The summed E-state index contributed by atoms with van der Waals surface area (Å²) in [7, 11) is 0. The first-order valence-corrected chi connectivity index (χ1v) is 5.01. The summed E-state index contributed by atoms with van der Waals surface area (Å²) in [6, 6.07) is 4.53. The molecule has 0 unspecified atom stereocenters. The molecule has 1 amide bonds. The molecular formula is C9H10N2O3S. The maximum absolute atomic E-state index is 10.7. The Kier molecular flexibility index (Phi) is 3.68. The molecule has 5 nitrogen and oxygen atoms in total. The van der Waals surface area contributed by atoms with E-state index in [1.165, 1.54) is 19.1 Å². The van der Waals surface area contributed by atoms with Crippen molar-refractivity contribution < 1.29 is 9.72 Å². The maximum atomic E-state index is 10.7. The molecule has 0 aliphatic heterocycles. The van der Waals surface area contributed by atoms with Gasteiger partial charge in [0.05, 0.1) is 4.92 Å². The highest BCUT2D eigenvalue weighted by atomic mass is 32.2. The van der Waals surface area contributed by atoms with Crippen LogP contribution < -0.4 is 4.72 Å². The van der Waals surface area contributed by atoms with Crippen molar-refractivity contribution in [3.05, 3.63) is 33.9 Å². The lowest BCUT2D eigenvalue weighted by atomic mass is 10.2. The van der Waals surface area contributed by atoms with Gasteiger partial charge in [-0.05, 0) is 24.4 Å². The highest BCUT2D eigenvalue weighted by molar-refractivity contribution is 7.98. The van der Waals surface area contributed by atoms with Gasteiger partial charge in [0.2, 0.25) is 5.91 Å². The fraction of sp³-hybridized carbons (Fsp3) is 0.222. The zero-order valence-corrected chi connectivity index (χ0v) is 9.13. The molecule has 0 saturated heterocycles. The third-order valence-corrected chi connectivity index (χ3v) is 2.74. The predicted octanol–water partition coefficient (Wildman–Crippen LogP) is 2.05. The summed E-state index contributed by atoms with van der Waals surface area (Å²) in [5, 5.41) is 10.5. The molecule has 6 heteroatoms. The van der Waals surface area contributed by atoms with Crippen LogP contribution in [-0.2, 0) is 4.79 Å². The predicted molar refractivity (Wildman–Crippen MR) is 57.5 cm³/mol. The summed E-state index contributed by atoms with van der Waals surface area (Å²) in [6.45, 7) is 3.22. The van der Waals surface area contributed by atoms with Gasteiger partial charge in [0, 0.05) is 24.0 Å². The van der Waals surface area contributed by atoms with Crippen LogP contribution in [0.4, 0.5) is 5.69 Å². The number of nitrogens with zero attached hydrogens (tertiary/aromatic N) is 1. The fourth-order valence-corrected chi connectivity index (χ4v) is 1.60. The molecule has 1 rings (SSSR count). The minimum absolute atomic E-state index is 0.0217. The second-order valence-electron chi connectivity index (χ2n) is 2.97. The molecule has 1 aromatic rings. The van der Waals surface area contributed by atoms with Crippen LogP contribution in [0.15, 0.2) is 23.1 Å². The van der Waals surface area contributed by atoms with E-state index in [2.05, 4.69) is 4.72 Å². The Labute approximate surface area is 91.1 Å². The minimum atomic E-state index is -0.461. The molecule has 0 heterocycles. The number of nitro groups is 1. The van der Waals surface area contributed by atoms with Gasteiger partial charge >= 0.3 is 0 Å². The monoisotopic (exact) mass is 226 g/mol. The van der Waals surface area contributed by atoms with Crippen LogP contribution >= 0.6 is 11.9 Å². The topological polar surface area (TPSA) is 72.2 Å². The third-order valence-electron chi connectivity index (χ3n) is 1.69. The number of hydrogen-bond donors (Lipinski definition) is 1. The van der Waals surface area contributed by atoms with Crippen molar-refractivity contribution in [2.75, 3.05) is 0 Å².